The van der Waals surface area contributed by atoms with Gasteiger partial charge in [0.25, 0.3) is 11.8 Å². The van der Waals surface area contributed by atoms with Crippen LogP contribution in [0.3, 0.4) is 0 Å². The molecule has 7 aromatic carbocycles. The standard InChI is InChI=1S/C51H29N5O2/c1-53-39-26-38(30-54-31-39)37-22-24-45-43(28-37)42-27-36(35-16-8-11-32(25-35)29-52)21-23-44(42)55(45)47-20-10-18-41-49(47)51(58)56(50(41)57)46-19-9-17-40(33-12-4-2-5-13-33)48(46)34-14-6-3-7-15-34/h2-28,30-31H. The molecule has 58 heavy (non-hydrogen) atoms. The monoisotopic (exact) mass is 743 g/mol. The third-order valence-corrected chi connectivity index (χ3v) is 10.8. The quantitative estimate of drug-likeness (QED) is 0.125. The number of aromatic nitrogens is 2. The summed E-state index contributed by atoms with van der Waals surface area (Å²) >= 11 is 0. The van der Waals surface area contributed by atoms with E-state index >= 15 is 4.79 Å². The molecule has 0 fully saturated rings. The lowest BCUT2D eigenvalue weighted by Gasteiger charge is -2.22. The number of hydrogen-bond donors (Lipinski definition) is 0. The Morgan fingerprint density at radius 2 is 1.12 bits per heavy atom. The van der Waals surface area contributed by atoms with Crippen LogP contribution in [-0.2, 0) is 0 Å². The number of nitrogens with zero attached hydrogens (tertiary/aromatic N) is 5. The number of fused-ring (bicyclic) bond motifs is 4. The Morgan fingerprint density at radius 3 is 1.81 bits per heavy atom. The first-order chi connectivity index (χ1) is 28.5. The van der Waals surface area contributed by atoms with E-state index in [0.29, 0.717) is 33.8 Å². The molecule has 0 spiro atoms. The second kappa shape index (κ2) is 13.7. The molecule has 0 radical (unpaired) electrons. The molecule has 0 saturated carbocycles. The maximum Gasteiger partial charge on any atom is 0.268 e. The lowest BCUT2D eigenvalue weighted by Crippen LogP contribution is -2.30. The first kappa shape index (κ1) is 34.1. The summed E-state index contributed by atoms with van der Waals surface area (Å²) in [5.41, 5.74) is 11.5. The zero-order valence-electron chi connectivity index (χ0n) is 30.8. The predicted octanol–water partition coefficient (Wildman–Crippen LogP) is 12.1. The molecule has 0 bridgehead atoms. The van der Waals surface area contributed by atoms with E-state index < -0.39 is 5.91 Å². The van der Waals surface area contributed by atoms with Crippen LogP contribution in [-0.4, -0.2) is 21.4 Å². The van der Waals surface area contributed by atoms with E-state index in [9.17, 15) is 10.1 Å². The Labute approximate surface area is 333 Å². The van der Waals surface area contributed by atoms with Crippen molar-refractivity contribution in [2.45, 2.75) is 0 Å². The smallest absolute Gasteiger partial charge is 0.268 e. The van der Waals surface area contributed by atoms with Gasteiger partial charge >= 0.3 is 0 Å². The molecule has 2 amide bonds. The van der Waals surface area contributed by atoms with E-state index in [1.807, 2.05) is 140 Å². The van der Waals surface area contributed by atoms with Crippen LogP contribution in [0.25, 0.3) is 76.8 Å². The van der Waals surface area contributed by atoms with Gasteiger partial charge in [-0.15, -0.1) is 0 Å². The second-order valence-electron chi connectivity index (χ2n) is 14.1. The van der Waals surface area contributed by atoms with E-state index in [1.165, 1.54) is 4.90 Å². The minimum absolute atomic E-state index is 0.319. The van der Waals surface area contributed by atoms with Gasteiger partial charge in [0.15, 0.2) is 0 Å². The minimum atomic E-state index is -0.406. The number of pyridine rings is 1. The van der Waals surface area contributed by atoms with Gasteiger partial charge in [-0.25, -0.2) is 9.74 Å². The third-order valence-electron chi connectivity index (χ3n) is 10.8. The molecule has 0 unspecified atom stereocenters. The summed E-state index contributed by atoms with van der Waals surface area (Å²) < 4.78 is 2.06. The molecular formula is C51H29N5O2. The maximum atomic E-state index is 15.1. The SMILES string of the molecule is [C-]#[N+]c1cncc(-c2ccc3c(c2)c2cc(-c4cccc(C#N)c4)ccc2n3-c2cccc3c2C(=O)N(c2cccc(-c4ccccc4)c2-c2ccccc2)C3=O)c1. The van der Waals surface area contributed by atoms with Crippen molar-refractivity contribution in [2.75, 3.05) is 4.90 Å². The number of rotatable bonds is 6. The molecule has 7 nitrogen and oxygen atoms in total. The first-order valence-electron chi connectivity index (χ1n) is 18.7. The van der Waals surface area contributed by atoms with Crippen LogP contribution < -0.4 is 4.90 Å². The number of nitriles is 1. The fourth-order valence-corrected chi connectivity index (χ4v) is 8.22. The zero-order chi connectivity index (χ0) is 39.3. The van der Waals surface area contributed by atoms with Crippen molar-refractivity contribution in [3.63, 3.8) is 0 Å². The normalized spacial score (nSPS) is 12.1. The van der Waals surface area contributed by atoms with Crippen molar-refractivity contribution >= 4 is 45.0 Å². The van der Waals surface area contributed by atoms with Crippen LogP contribution in [0.2, 0.25) is 0 Å². The van der Waals surface area contributed by atoms with E-state index in [1.54, 1.807) is 24.5 Å². The van der Waals surface area contributed by atoms with Gasteiger partial charge in [0.1, 0.15) is 0 Å². The largest absolute Gasteiger partial charge is 0.308 e. The van der Waals surface area contributed by atoms with Crippen molar-refractivity contribution < 1.29 is 9.59 Å². The van der Waals surface area contributed by atoms with Crippen LogP contribution in [0.15, 0.2) is 176 Å². The minimum Gasteiger partial charge on any atom is -0.308 e. The molecular weight excluding hydrogens is 715 g/mol. The van der Waals surface area contributed by atoms with E-state index in [4.69, 9.17) is 6.57 Å². The summed E-state index contributed by atoms with van der Waals surface area (Å²) in [6.45, 7) is 7.55. The Hall–Kier alpha value is -8.39. The van der Waals surface area contributed by atoms with Gasteiger partial charge in [0.05, 0.1) is 51.7 Å². The molecule has 1 aliphatic heterocycles. The highest BCUT2D eigenvalue weighted by molar-refractivity contribution is 6.37. The number of hydrogen-bond acceptors (Lipinski definition) is 4. The zero-order valence-corrected chi connectivity index (χ0v) is 30.8. The predicted molar refractivity (Wildman–Crippen MR) is 229 cm³/mol. The van der Waals surface area contributed by atoms with E-state index in [0.717, 1.165) is 66.3 Å². The molecule has 0 atom stereocenters. The van der Waals surface area contributed by atoms with Crippen LogP contribution in [0, 0.1) is 17.9 Å². The van der Waals surface area contributed by atoms with Gasteiger partial charge in [-0.2, -0.15) is 5.26 Å². The van der Waals surface area contributed by atoms with Gasteiger partial charge in [0.2, 0.25) is 5.69 Å². The molecule has 1 aliphatic rings. The number of anilines is 1. The number of amides is 2. The summed E-state index contributed by atoms with van der Waals surface area (Å²) in [6, 6.07) is 54.9. The highest BCUT2D eigenvalue weighted by Gasteiger charge is 2.40. The highest BCUT2D eigenvalue weighted by Crippen LogP contribution is 2.44. The molecule has 0 saturated heterocycles. The van der Waals surface area contributed by atoms with Crippen molar-refractivity contribution in [1.29, 1.82) is 5.26 Å². The lowest BCUT2D eigenvalue weighted by atomic mass is 9.92. The fraction of sp³-hybridized carbons (Fsp3) is 0. The molecule has 0 aliphatic carbocycles. The molecule has 0 N–H and O–H groups in total. The van der Waals surface area contributed by atoms with Crippen molar-refractivity contribution in [3.05, 3.63) is 204 Å². The maximum absolute atomic E-state index is 15.1. The van der Waals surface area contributed by atoms with Gasteiger partial charge in [0, 0.05) is 28.7 Å². The van der Waals surface area contributed by atoms with Crippen LogP contribution >= 0.6 is 0 Å². The Kier molecular flexibility index (Phi) is 8.07. The van der Waals surface area contributed by atoms with Gasteiger partial charge in [-0.3, -0.25) is 14.6 Å². The number of carbonyl (C=O) groups is 2. The number of carbonyl (C=O) groups excluding carboxylic acids is 2. The average molecular weight is 744 g/mol. The molecule has 10 rings (SSSR count). The van der Waals surface area contributed by atoms with E-state index in [-0.39, 0.29) is 5.91 Å². The first-order valence-corrected chi connectivity index (χ1v) is 18.7. The summed E-state index contributed by atoms with van der Waals surface area (Å²) in [7, 11) is 0. The lowest BCUT2D eigenvalue weighted by molar-refractivity contribution is 0.0926. The molecule has 270 valence electrons. The number of benzene rings is 7. The summed E-state index contributed by atoms with van der Waals surface area (Å²) in [6.07, 6.45) is 3.29. The molecule has 3 heterocycles. The third kappa shape index (κ3) is 5.46. The van der Waals surface area contributed by atoms with Crippen LogP contribution in [0.4, 0.5) is 11.4 Å². The average Bonchev–Trinajstić information content (AvgIpc) is 3.75. The van der Waals surface area contributed by atoms with Crippen molar-refractivity contribution in [3.8, 4) is 56.3 Å². The number of imide groups is 1. The van der Waals surface area contributed by atoms with Crippen LogP contribution in [0.5, 0.6) is 0 Å². The van der Waals surface area contributed by atoms with Gasteiger partial charge in [-0.05, 0) is 99.6 Å². The fourth-order valence-electron chi connectivity index (χ4n) is 8.22. The van der Waals surface area contributed by atoms with Crippen molar-refractivity contribution in [1.82, 2.24) is 9.55 Å². The second-order valence-corrected chi connectivity index (χ2v) is 14.1. The summed E-state index contributed by atoms with van der Waals surface area (Å²) in [4.78, 5) is 38.9. The molecule has 9 aromatic rings. The van der Waals surface area contributed by atoms with Gasteiger partial charge < -0.3 is 4.57 Å². The molecule has 2 aromatic heterocycles. The van der Waals surface area contributed by atoms with Crippen molar-refractivity contribution in [2.24, 2.45) is 0 Å². The Bertz CT molecular complexity index is 3130. The summed E-state index contributed by atoms with van der Waals surface area (Å²) in [5.74, 6) is -0.796. The topological polar surface area (TPSA) is 83.3 Å². The van der Waals surface area contributed by atoms with Crippen LogP contribution in [0.1, 0.15) is 26.3 Å². The summed E-state index contributed by atoms with van der Waals surface area (Å²) in [5, 5.41) is 11.5. The van der Waals surface area contributed by atoms with Gasteiger partial charge in [-0.1, -0.05) is 103 Å². The molecule has 7 heteroatoms. The Balaban J connectivity index is 1.19. The van der Waals surface area contributed by atoms with E-state index in [2.05, 4.69) is 32.6 Å². The Morgan fingerprint density at radius 1 is 0.517 bits per heavy atom. The highest BCUT2D eigenvalue weighted by atomic mass is 16.2.